The van der Waals surface area contributed by atoms with Crippen LogP contribution in [0.5, 0.6) is 0 Å². The number of allylic oxidation sites excluding steroid dienone is 1. The Morgan fingerprint density at radius 3 is 2.29 bits per heavy atom. The molecule has 1 heterocycles. The molecule has 0 atom stereocenters. The van der Waals surface area contributed by atoms with Gasteiger partial charge >= 0.3 is 6.09 Å². The summed E-state index contributed by atoms with van der Waals surface area (Å²) in [6.07, 6.45) is 2.90. The first-order valence-electron chi connectivity index (χ1n) is 6.49. The molecule has 1 saturated heterocycles. The van der Waals surface area contributed by atoms with E-state index in [1.165, 1.54) is 5.57 Å². The normalized spacial score (nSPS) is 18.0. The van der Waals surface area contributed by atoms with Gasteiger partial charge in [0.2, 0.25) is 0 Å². The highest BCUT2D eigenvalue weighted by atomic mass is 16.6. The SMILES string of the molecule is C=C(CC)C1CCN(C(=O)OC(C)(C)C)CC1. The first kappa shape index (κ1) is 14.1. The molecule has 0 aromatic heterocycles. The monoisotopic (exact) mass is 239 g/mol. The lowest BCUT2D eigenvalue weighted by atomic mass is 9.89. The summed E-state index contributed by atoms with van der Waals surface area (Å²) in [5.74, 6) is 0.582. The van der Waals surface area contributed by atoms with E-state index in [0.29, 0.717) is 5.92 Å². The number of rotatable bonds is 2. The number of ether oxygens (including phenoxy) is 1. The fourth-order valence-corrected chi connectivity index (χ4v) is 2.09. The molecule has 98 valence electrons. The van der Waals surface area contributed by atoms with Gasteiger partial charge in [-0.1, -0.05) is 19.1 Å². The Balaban J connectivity index is 2.42. The van der Waals surface area contributed by atoms with Crippen molar-refractivity contribution in [1.29, 1.82) is 0 Å². The number of carbonyl (C=O) groups is 1. The summed E-state index contributed by atoms with van der Waals surface area (Å²) >= 11 is 0. The lowest BCUT2D eigenvalue weighted by molar-refractivity contribution is 0.0194. The molecule has 3 nitrogen and oxygen atoms in total. The molecule has 1 amide bonds. The Morgan fingerprint density at radius 1 is 1.35 bits per heavy atom. The third-order valence-electron chi connectivity index (χ3n) is 3.18. The lowest BCUT2D eigenvalue weighted by Crippen LogP contribution is -2.41. The molecule has 0 saturated carbocycles. The van der Waals surface area contributed by atoms with Crippen LogP contribution in [-0.4, -0.2) is 29.7 Å². The minimum atomic E-state index is -0.402. The molecular weight excluding hydrogens is 214 g/mol. The standard InChI is InChI=1S/C14H25NO2/c1-6-11(2)12-7-9-15(10-8-12)13(16)17-14(3,4)5/h12H,2,6-10H2,1,3-5H3. The zero-order valence-electron chi connectivity index (χ0n) is 11.6. The zero-order valence-corrected chi connectivity index (χ0v) is 11.6. The second-order valence-electron chi connectivity index (χ2n) is 5.75. The van der Waals surface area contributed by atoms with E-state index in [1.807, 2.05) is 25.7 Å². The Morgan fingerprint density at radius 2 is 1.88 bits per heavy atom. The molecule has 1 aliphatic heterocycles. The summed E-state index contributed by atoms with van der Waals surface area (Å²) in [6.45, 7) is 13.5. The van der Waals surface area contributed by atoms with Crippen molar-refractivity contribution in [1.82, 2.24) is 4.90 Å². The summed E-state index contributed by atoms with van der Waals surface area (Å²) in [7, 11) is 0. The molecule has 0 aliphatic carbocycles. The summed E-state index contributed by atoms with van der Waals surface area (Å²) in [5.41, 5.74) is 0.912. The van der Waals surface area contributed by atoms with Gasteiger partial charge < -0.3 is 9.64 Å². The molecule has 17 heavy (non-hydrogen) atoms. The van der Waals surface area contributed by atoms with E-state index in [-0.39, 0.29) is 6.09 Å². The van der Waals surface area contributed by atoms with Crippen LogP contribution >= 0.6 is 0 Å². The molecule has 0 spiro atoms. The van der Waals surface area contributed by atoms with Crippen molar-refractivity contribution in [3.05, 3.63) is 12.2 Å². The number of carbonyl (C=O) groups excluding carboxylic acids is 1. The molecule has 0 aromatic carbocycles. The minimum Gasteiger partial charge on any atom is -0.444 e. The third-order valence-corrected chi connectivity index (χ3v) is 3.18. The van der Waals surface area contributed by atoms with Gasteiger partial charge in [0.25, 0.3) is 0 Å². The molecule has 0 radical (unpaired) electrons. The van der Waals surface area contributed by atoms with Crippen molar-refractivity contribution < 1.29 is 9.53 Å². The average Bonchev–Trinajstić information content (AvgIpc) is 2.26. The molecule has 0 N–H and O–H groups in total. The van der Waals surface area contributed by atoms with Crippen molar-refractivity contribution in [3.63, 3.8) is 0 Å². The fraction of sp³-hybridized carbons (Fsp3) is 0.786. The van der Waals surface area contributed by atoms with E-state index in [4.69, 9.17) is 4.74 Å². The molecule has 1 rings (SSSR count). The maximum Gasteiger partial charge on any atom is 0.410 e. The molecule has 0 unspecified atom stereocenters. The van der Waals surface area contributed by atoms with Crippen LogP contribution in [0.4, 0.5) is 4.79 Å². The van der Waals surface area contributed by atoms with Crippen molar-refractivity contribution in [3.8, 4) is 0 Å². The Bertz CT molecular complexity index is 283. The maximum atomic E-state index is 11.8. The van der Waals surface area contributed by atoms with Gasteiger partial charge in [-0.25, -0.2) is 4.79 Å². The van der Waals surface area contributed by atoms with E-state index in [2.05, 4.69) is 13.5 Å². The van der Waals surface area contributed by atoms with Crippen LogP contribution < -0.4 is 0 Å². The lowest BCUT2D eigenvalue weighted by Gasteiger charge is -2.34. The van der Waals surface area contributed by atoms with Gasteiger partial charge in [-0.2, -0.15) is 0 Å². The van der Waals surface area contributed by atoms with E-state index >= 15 is 0 Å². The predicted octanol–water partition coefficient (Wildman–Crippen LogP) is 3.60. The second-order valence-corrected chi connectivity index (χ2v) is 5.75. The summed E-state index contributed by atoms with van der Waals surface area (Å²) < 4.78 is 5.36. The number of nitrogens with zero attached hydrogens (tertiary/aromatic N) is 1. The van der Waals surface area contributed by atoms with Crippen LogP contribution in [0.25, 0.3) is 0 Å². The molecule has 0 aromatic rings. The number of hydrogen-bond acceptors (Lipinski definition) is 2. The third kappa shape index (κ3) is 4.41. The highest BCUT2D eigenvalue weighted by Gasteiger charge is 2.27. The summed E-state index contributed by atoms with van der Waals surface area (Å²) in [4.78, 5) is 13.7. The highest BCUT2D eigenvalue weighted by Crippen LogP contribution is 2.26. The largest absolute Gasteiger partial charge is 0.444 e. The predicted molar refractivity (Wildman–Crippen MR) is 70.0 cm³/mol. The van der Waals surface area contributed by atoms with Gasteiger partial charge in [0.15, 0.2) is 0 Å². The van der Waals surface area contributed by atoms with Gasteiger partial charge in [0.05, 0.1) is 0 Å². The topological polar surface area (TPSA) is 29.5 Å². The number of likely N-dealkylation sites (tertiary alicyclic amines) is 1. The quantitative estimate of drug-likeness (QED) is 0.689. The van der Waals surface area contributed by atoms with Crippen LogP contribution in [0.2, 0.25) is 0 Å². The fourth-order valence-electron chi connectivity index (χ4n) is 2.09. The molecule has 3 heteroatoms. The number of hydrogen-bond donors (Lipinski definition) is 0. The van der Waals surface area contributed by atoms with E-state index < -0.39 is 5.60 Å². The molecule has 1 fully saturated rings. The average molecular weight is 239 g/mol. The van der Waals surface area contributed by atoms with E-state index in [9.17, 15) is 4.79 Å². The first-order valence-corrected chi connectivity index (χ1v) is 6.49. The highest BCUT2D eigenvalue weighted by molar-refractivity contribution is 5.68. The van der Waals surface area contributed by atoms with Crippen molar-refractivity contribution in [2.45, 2.75) is 52.6 Å². The van der Waals surface area contributed by atoms with Gasteiger partial charge in [-0.05, 0) is 46.0 Å². The Labute approximate surface area is 105 Å². The Kier molecular flexibility index (Phi) is 4.61. The van der Waals surface area contributed by atoms with E-state index in [1.54, 1.807) is 0 Å². The van der Waals surface area contributed by atoms with Crippen molar-refractivity contribution in [2.75, 3.05) is 13.1 Å². The number of amides is 1. The summed E-state index contributed by atoms with van der Waals surface area (Å²) in [5, 5.41) is 0. The van der Waals surface area contributed by atoms with Crippen LogP contribution in [-0.2, 0) is 4.74 Å². The van der Waals surface area contributed by atoms with Crippen molar-refractivity contribution in [2.24, 2.45) is 5.92 Å². The van der Waals surface area contributed by atoms with Gasteiger partial charge in [-0.15, -0.1) is 0 Å². The minimum absolute atomic E-state index is 0.182. The van der Waals surface area contributed by atoms with E-state index in [0.717, 1.165) is 32.4 Å². The van der Waals surface area contributed by atoms with Crippen molar-refractivity contribution >= 4 is 6.09 Å². The molecule has 1 aliphatic rings. The van der Waals surface area contributed by atoms with Crippen LogP contribution in [0.3, 0.4) is 0 Å². The Hall–Kier alpha value is -0.990. The van der Waals surface area contributed by atoms with Gasteiger partial charge in [0.1, 0.15) is 5.60 Å². The maximum absolute atomic E-state index is 11.8. The molecular formula is C14H25NO2. The van der Waals surface area contributed by atoms with Crippen LogP contribution in [0, 0.1) is 5.92 Å². The molecule has 0 bridgehead atoms. The first-order chi connectivity index (χ1) is 7.83. The summed E-state index contributed by atoms with van der Waals surface area (Å²) in [6, 6.07) is 0. The zero-order chi connectivity index (χ0) is 13.1. The van der Waals surface area contributed by atoms with Crippen LogP contribution in [0.1, 0.15) is 47.0 Å². The smallest absolute Gasteiger partial charge is 0.410 e. The van der Waals surface area contributed by atoms with Gasteiger partial charge in [0, 0.05) is 13.1 Å². The number of piperidine rings is 1. The van der Waals surface area contributed by atoms with Gasteiger partial charge in [-0.3, -0.25) is 0 Å². The second kappa shape index (κ2) is 5.56. The van der Waals surface area contributed by atoms with Crippen LogP contribution in [0.15, 0.2) is 12.2 Å².